The van der Waals surface area contributed by atoms with Crippen molar-refractivity contribution in [3.05, 3.63) is 48.8 Å². The lowest BCUT2D eigenvalue weighted by molar-refractivity contribution is 0.313. The third kappa shape index (κ3) is 3.34. The van der Waals surface area contributed by atoms with Crippen molar-refractivity contribution in [2.45, 2.75) is 0 Å². The molecule has 0 amide bonds. The first-order valence-electron chi connectivity index (χ1n) is 9.82. The molecule has 1 fully saturated rings. The van der Waals surface area contributed by atoms with Gasteiger partial charge in [-0.2, -0.15) is 5.10 Å². The van der Waals surface area contributed by atoms with E-state index in [1.807, 2.05) is 12.1 Å². The highest BCUT2D eigenvalue weighted by molar-refractivity contribution is 5.96. The number of anilines is 1. The van der Waals surface area contributed by atoms with Gasteiger partial charge in [0.2, 0.25) is 0 Å². The molecule has 0 bridgehead atoms. The van der Waals surface area contributed by atoms with Crippen molar-refractivity contribution >= 4 is 16.6 Å². The fourth-order valence-corrected chi connectivity index (χ4v) is 3.89. The monoisotopic (exact) mass is 388 g/mol. The maximum atomic E-state index is 5.27. The summed E-state index contributed by atoms with van der Waals surface area (Å²) in [4.78, 5) is 12.6. The molecular formula is C22H24N6O. The number of aromatic nitrogens is 4. The molecule has 0 aliphatic carbocycles. The van der Waals surface area contributed by atoms with E-state index in [9.17, 15) is 0 Å². The first kappa shape index (κ1) is 17.8. The number of hydrogen-bond donors (Lipinski definition) is 2. The van der Waals surface area contributed by atoms with Gasteiger partial charge in [-0.05, 0) is 37.4 Å². The van der Waals surface area contributed by atoms with Gasteiger partial charge in [0.1, 0.15) is 5.75 Å². The summed E-state index contributed by atoms with van der Waals surface area (Å²) in [6.07, 6.45) is 3.48. The van der Waals surface area contributed by atoms with Crippen LogP contribution in [0.5, 0.6) is 5.75 Å². The maximum absolute atomic E-state index is 5.27. The van der Waals surface area contributed by atoms with Gasteiger partial charge in [0.05, 0.1) is 30.4 Å². The summed E-state index contributed by atoms with van der Waals surface area (Å²) >= 11 is 0. The van der Waals surface area contributed by atoms with Crippen LogP contribution in [0.1, 0.15) is 0 Å². The van der Waals surface area contributed by atoms with Gasteiger partial charge in [-0.25, -0.2) is 0 Å². The van der Waals surface area contributed by atoms with Crippen LogP contribution in [-0.4, -0.2) is 65.4 Å². The van der Waals surface area contributed by atoms with Crippen LogP contribution >= 0.6 is 0 Å². The van der Waals surface area contributed by atoms with E-state index in [1.165, 1.54) is 11.1 Å². The molecule has 1 aliphatic heterocycles. The Bertz CT molecular complexity index is 1140. The third-order valence-corrected chi connectivity index (χ3v) is 5.60. The van der Waals surface area contributed by atoms with Crippen molar-refractivity contribution in [3.8, 4) is 28.4 Å². The molecule has 1 aliphatic rings. The lowest BCUT2D eigenvalue weighted by atomic mass is 10.1. The van der Waals surface area contributed by atoms with Gasteiger partial charge in [-0.15, -0.1) is 0 Å². The normalized spacial score (nSPS) is 15.2. The van der Waals surface area contributed by atoms with E-state index >= 15 is 0 Å². The molecule has 0 spiro atoms. The zero-order chi connectivity index (χ0) is 19.8. The van der Waals surface area contributed by atoms with E-state index in [4.69, 9.17) is 4.74 Å². The summed E-state index contributed by atoms with van der Waals surface area (Å²) in [7, 11) is 3.82. The lowest BCUT2D eigenvalue weighted by Gasteiger charge is -2.34. The number of methoxy groups -OCH3 is 1. The summed E-state index contributed by atoms with van der Waals surface area (Å²) in [6.45, 7) is 4.28. The number of benzene rings is 1. The molecule has 148 valence electrons. The average Bonchev–Trinajstić information content (AvgIpc) is 3.41. The number of rotatable bonds is 4. The summed E-state index contributed by atoms with van der Waals surface area (Å²) < 4.78 is 5.27. The summed E-state index contributed by atoms with van der Waals surface area (Å²) in [5.74, 6) is 0.717. The SMILES string of the molecule is COc1cncc(-c2cc(-c3cc4c(N5CCN(C)CC5)cccc4[nH]3)[nH]n2)c1. The van der Waals surface area contributed by atoms with Crippen LogP contribution in [0, 0.1) is 0 Å². The number of pyridine rings is 1. The van der Waals surface area contributed by atoms with Gasteiger partial charge in [-0.1, -0.05) is 6.07 Å². The Labute approximate surface area is 169 Å². The first-order chi connectivity index (χ1) is 14.2. The second-order valence-corrected chi connectivity index (χ2v) is 7.49. The lowest BCUT2D eigenvalue weighted by Crippen LogP contribution is -2.44. The van der Waals surface area contributed by atoms with Crippen LogP contribution in [0.2, 0.25) is 0 Å². The standard InChI is InChI=1S/C22H24N6O/c1-27-6-8-28(9-7-27)22-5-3-4-18-17(22)11-20(24-18)21-12-19(25-26-21)15-10-16(29-2)14-23-13-15/h3-5,10-14,24H,6-9H2,1-2H3,(H,25,26). The number of likely N-dealkylation sites (N-methyl/N-ethyl adjacent to an activating group) is 1. The summed E-state index contributed by atoms with van der Waals surface area (Å²) in [6, 6.07) is 12.6. The van der Waals surface area contributed by atoms with E-state index in [0.29, 0.717) is 0 Å². The minimum atomic E-state index is 0.717. The quantitative estimate of drug-likeness (QED) is 0.561. The largest absolute Gasteiger partial charge is 0.495 e. The predicted octanol–water partition coefficient (Wildman–Crippen LogP) is 3.38. The minimum Gasteiger partial charge on any atom is -0.495 e. The topological polar surface area (TPSA) is 73.1 Å². The Balaban J connectivity index is 1.48. The molecule has 0 radical (unpaired) electrons. The van der Waals surface area contributed by atoms with E-state index in [-0.39, 0.29) is 0 Å². The van der Waals surface area contributed by atoms with Crippen LogP contribution in [0.4, 0.5) is 5.69 Å². The Morgan fingerprint density at radius 3 is 2.69 bits per heavy atom. The number of fused-ring (bicyclic) bond motifs is 1. The second-order valence-electron chi connectivity index (χ2n) is 7.49. The van der Waals surface area contributed by atoms with Gasteiger partial charge in [-0.3, -0.25) is 10.1 Å². The smallest absolute Gasteiger partial charge is 0.137 e. The second kappa shape index (κ2) is 7.25. The number of hydrogen-bond acceptors (Lipinski definition) is 5. The number of H-pyrrole nitrogens is 2. The van der Waals surface area contributed by atoms with Crippen LogP contribution < -0.4 is 9.64 Å². The van der Waals surface area contributed by atoms with Gasteiger partial charge < -0.3 is 19.5 Å². The van der Waals surface area contributed by atoms with Gasteiger partial charge in [0.25, 0.3) is 0 Å². The van der Waals surface area contributed by atoms with Gasteiger partial charge in [0.15, 0.2) is 0 Å². The molecule has 5 rings (SSSR count). The molecule has 4 heterocycles. The molecule has 2 N–H and O–H groups in total. The summed E-state index contributed by atoms with van der Waals surface area (Å²) in [5, 5.41) is 8.87. The molecule has 7 heteroatoms. The molecule has 3 aromatic heterocycles. The Hall–Kier alpha value is -3.32. The van der Waals surface area contributed by atoms with E-state index in [2.05, 4.69) is 61.3 Å². The van der Waals surface area contributed by atoms with E-state index < -0.39 is 0 Å². The molecule has 7 nitrogen and oxygen atoms in total. The summed E-state index contributed by atoms with van der Waals surface area (Å²) in [5.41, 5.74) is 6.15. The van der Waals surface area contributed by atoms with Crippen LogP contribution in [0.15, 0.2) is 48.8 Å². The van der Waals surface area contributed by atoms with Crippen molar-refractivity contribution in [1.82, 2.24) is 25.1 Å². The fraction of sp³-hybridized carbons (Fsp3) is 0.273. The number of nitrogens with one attached hydrogen (secondary N) is 2. The van der Waals surface area contributed by atoms with Crippen LogP contribution in [0.25, 0.3) is 33.5 Å². The van der Waals surface area contributed by atoms with E-state index in [0.717, 1.165) is 60.1 Å². The molecular weight excluding hydrogens is 364 g/mol. The predicted molar refractivity (Wildman–Crippen MR) is 115 cm³/mol. The molecule has 0 unspecified atom stereocenters. The first-order valence-corrected chi connectivity index (χ1v) is 9.82. The molecule has 0 atom stereocenters. The molecule has 1 aromatic carbocycles. The number of piperazine rings is 1. The number of nitrogens with zero attached hydrogens (tertiary/aromatic N) is 4. The zero-order valence-electron chi connectivity index (χ0n) is 16.6. The van der Waals surface area contributed by atoms with Crippen molar-refractivity contribution in [1.29, 1.82) is 0 Å². The van der Waals surface area contributed by atoms with Crippen molar-refractivity contribution in [2.75, 3.05) is 45.2 Å². The van der Waals surface area contributed by atoms with Crippen molar-refractivity contribution in [3.63, 3.8) is 0 Å². The Morgan fingerprint density at radius 2 is 1.86 bits per heavy atom. The van der Waals surface area contributed by atoms with Gasteiger partial charge >= 0.3 is 0 Å². The fourth-order valence-electron chi connectivity index (χ4n) is 3.89. The average molecular weight is 388 g/mol. The van der Waals surface area contributed by atoms with Crippen molar-refractivity contribution in [2.24, 2.45) is 0 Å². The van der Waals surface area contributed by atoms with Crippen LogP contribution in [-0.2, 0) is 0 Å². The maximum Gasteiger partial charge on any atom is 0.137 e. The highest BCUT2D eigenvalue weighted by Gasteiger charge is 2.18. The highest BCUT2D eigenvalue weighted by atomic mass is 16.5. The third-order valence-electron chi connectivity index (χ3n) is 5.60. The van der Waals surface area contributed by atoms with Crippen LogP contribution in [0.3, 0.4) is 0 Å². The highest BCUT2D eigenvalue weighted by Crippen LogP contribution is 2.32. The molecule has 29 heavy (non-hydrogen) atoms. The molecule has 4 aromatic rings. The van der Waals surface area contributed by atoms with Crippen molar-refractivity contribution < 1.29 is 4.74 Å². The van der Waals surface area contributed by atoms with Gasteiger partial charge in [0, 0.05) is 54.5 Å². The zero-order valence-corrected chi connectivity index (χ0v) is 16.6. The minimum absolute atomic E-state index is 0.717. The number of ether oxygens (including phenoxy) is 1. The Morgan fingerprint density at radius 1 is 1.00 bits per heavy atom. The number of aromatic amines is 2. The molecule has 0 saturated carbocycles. The molecule has 1 saturated heterocycles. The van der Waals surface area contributed by atoms with E-state index in [1.54, 1.807) is 19.5 Å². The Kier molecular flexibility index (Phi) is 4.44.